The van der Waals surface area contributed by atoms with Crippen molar-refractivity contribution in [1.29, 1.82) is 0 Å². The first-order chi connectivity index (χ1) is 8.25. The topological polar surface area (TPSA) is 26.3 Å². The van der Waals surface area contributed by atoms with Crippen molar-refractivity contribution in [3.8, 4) is 0 Å². The number of Topliss-reactive ketones (excluding diaryl/α,β-unsaturated/α-hetero) is 1. The van der Waals surface area contributed by atoms with Crippen LogP contribution in [0.15, 0.2) is 28.7 Å². The van der Waals surface area contributed by atoms with Crippen molar-refractivity contribution >= 4 is 21.7 Å². The van der Waals surface area contributed by atoms with Crippen molar-refractivity contribution in [3.05, 3.63) is 34.3 Å². The van der Waals surface area contributed by atoms with Crippen LogP contribution in [0, 0.1) is 0 Å². The van der Waals surface area contributed by atoms with Gasteiger partial charge in [-0.25, -0.2) is 0 Å². The van der Waals surface area contributed by atoms with E-state index in [1.807, 2.05) is 24.3 Å². The number of carbonyl (C=O) groups excluding carboxylic acids is 1. The summed E-state index contributed by atoms with van der Waals surface area (Å²) in [5.74, 6) is 0.226. The summed E-state index contributed by atoms with van der Waals surface area (Å²) in [5, 5.41) is 0. The molecule has 1 aliphatic heterocycles. The number of carbonyl (C=O) groups is 1. The molecule has 1 aromatic carbocycles. The van der Waals surface area contributed by atoms with Crippen LogP contribution in [-0.2, 0) is 4.74 Å². The highest BCUT2D eigenvalue weighted by atomic mass is 79.9. The molecular formula is C14H17BrO2. The predicted molar refractivity (Wildman–Crippen MR) is 71.3 cm³/mol. The van der Waals surface area contributed by atoms with Gasteiger partial charge < -0.3 is 4.74 Å². The van der Waals surface area contributed by atoms with E-state index in [0.717, 1.165) is 35.9 Å². The van der Waals surface area contributed by atoms with Gasteiger partial charge in [0.1, 0.15) is 0 Å². The van der Waals surface area contributed by atoms with Gasteiger partial charge in [0.15, 0.2) is 5.78 Å². The first-order valence-electron chi connectivity index (χ1n) is 6.16. The van der Waals surface area contributed by atoms with Crippen LogP contribution in [-0.4, -0.2) is 18.5 Å². The number of benzene rings is 1. The maximum Gasteiger partial charge on any atom is 0.162 e. The molecular weight excluding hydrogens is 280 g/mol. The molecule has 0 saturated carbocycles. The molecule has 92 valence electrons. The largest absolute Gasteiger partial charge is 0.378 e. The second-order valence-electron chi connectivity index (χ2n) is 4.46. The van der Waals surface area contributed by atoms with Gasteiger partial charge in [0.25, 0.3) is 0 Å². The quantitative estimate of drug-likeness (QED) is 0.768. The van der Waals surface area contributed by atoms with Crippen LogP contribution in [0.1, 0.15) is 42.5 Å². The van der Waals surface area contributed by atoms with Crippen molar-refractivity contribution in [3.63, 3.8) is 0 Å². The Hall–Kier alpha value is -0.670. The number of halogens is 1. The molecule has 0 spiro atoms. The third-order valence-corrected chi connectivity index (χ3v) is 3.59. The molecule has 1 fully saturated rings. The highest BCUT2D eigenvalue weighted by Crippen LogP contribution is 2.19. The lowest BCUT2D eigenvalue weighted by Crippen LogP contribution is -2.06. The molecule has 1 saturated heterocycles. The van der Waals surface area contributed by atoms with Crippen LogP contribution in [0.3, 0.4) is 0 Å². The maximum absolute atomic E-state index is 11.9. The summed E-state index contributed by atoms with van der Waals surface area (Å²) in [6.07, 6.45) is 5.28. The Morgan fingerprint density at radius 3 is 3.06 bits per heavy atom. The van der Waals surface area contributed by atoms with E-state index >= 15 is 0 Å². The van der Waals surface area contributed by atoms with Gasteiger partial charge in [-0.15, -0.1) is 0 Å². The monoisotopic (exact) mass is 296 g/mol. The van der Waals surface area contributed by atoms with Crippen molar-refractivity contribution in [1.82, 2.24) is 0 Å². The van der Waals surface area contributed by atoms with Gasteiger partial charge in [-0.05, 0) is 37.8 Å². The molecule has 2 rings (SSSR count). The zero-order valence-corrected chi connectivity index (χ0v) is 11.4. The number of ether oxygens (including phenoxy) is 1. The first-order valence-corrected chi connectivity index (χ1v) is 6.95. The van der Waals surface area contributed by atoms with Gasteiger partial charge >= 0.3 is 0 Å². The Bertz CT molecular complexity index is 384. The lowest BCUT2D eigenvalue weighted by atomic mass is 10.0. The van der Waals surface area contributed by atoms with Crippen LogP contribution in [0.4, 0.5) is 0 Å². The summed E-state index contributed by atoms with van der Waals surface area (Å²) in [6.45, 7) is 0.893. The fraction of sp³-hybridized carbons (Fsp3) is 0.500. The molecule has 0 N–H and O–H groups in total. The zero-order chi connectivity index (χ0) is 12.1. The number of hydrogen-bond donors (Lipinski definition) is 0. The molecule has 1 atom stereocenters. The van der Waals surface area contributed by atoms with Gasteiger partial charge in [-0.2, -0.15) is 0 Å². The van der Waals surface area contributed by atoms with E-state index in [2.05, 4.69) is 15.9 Å². The van der Waals surface area contributed by atoms with Crippen molar-refractivity contribution in [2.24, 2.45) is 0 Å². The fourth-order valence-electron chi connectivity index (χ4n) is 2.17. The van der Waals surface area contributed by atoms with E-state index < -0.39 is 0 Å². The van der Waals surface area contributed by atoms with E-state index in [9.17, 15) is 4.79 Å². The Labute approximate surface area is 110 Å². The zero-order valence-electron chi connectivity index (χ0n) is 9.82. The van der Waals surface area contributed by atoms with E-state index in [0.29, 0.717) is 12.5 Å². The number of hydrogen-bond acceptors (Lipinski definition) is 2. The van der Waals surface area contributed by atoms with Crippen LogP contribution < -0.4 is 0 Å². The van der Waals surface area contributed by atoms with Gasteiger partial charge in [-0.1, -0.05) is 28.1 Å². The van der Waals surface area contributed by atoms with Gasteiger partial charge in [-0.3, -0.25) is 4.79 Å². The predicted octanol–water partition coefficient (Wildman–Crippen LogP) is 3.98. The third-order valence-electron chi connectivity index (χ3n) is 3.10. The Kier molecular flexibility index (Phi) is 4.75. The highest BCUT2D eigenvalue weighted by molar-refractivity contribution is 9.10. The van der Waals surface area contributed by atoms with Gasteiger partial charge in [0, 0.05) is 23.1 Å². The molecule has 0 bridgehead atoms. The Balaban J connectivity index is 1.77. The van der Waals surface area contributed by atoms with Crippen molar-refractivity contribution in [2.45, 2.75) is 38.2 Å². The van der Waals surface area contributed by atoms with Crippen molar-refractivity contribution in [2.75, 3.05) is 6.61 Å². The molecule has 1 unspecified atom stereocenters. The van der Waals surface area contributed by atoms with E-state index in [4.69, 9.17) is 4.74 Å². The minimum Gasteiger partial charge on any atom is -0.378 e. The molecule has 1 aliphatic rings. The molecule has 0 aliphatic carbocycles. The lowest BCUT2D eigenvalue weighted by molar-refractivity contribution is 0.0922. The lowest BCUT2D eigenvalue weighted by Gasteiger charge is -2.08. The average molecular weight is 297 g/mol. The summed E-state index contributed by atoms with van der Waals surface area (Å²) in [4.78, 5) is 11.9. The number of ketones is 1. The molecule has 2 nitrogen and oxygen atoms in total. The molecule has 17 heavy (non-hydrogen) atoms. The Morgan fingerprint density at radius 1 is 1.47 bits per heavy atom. The summed E-state index contributed by atoms with van der Waals surface area (Å²) in [6, 6.07) is 7.59. The smallest absolute Gasteiger partial charge is 0.162 e. The van der Waals surface area contributed by atoms with E-state index in [1.165, 1.54) is 6.42 Å². The van der Waals surface area contributed by atoms with Gasteiger partial charge in [0.05, 0.1) is 6.10 Å². The first kappa shape index (κ1) is 12.8. The number of rotatable bonds is 5. The molecule has 0 radical (unpaired) electrons. The van der Waals surface area contributed by atoms with Crippen LogP contribution in [0.25, 0.3) is 0 Å². The molecule has 0 aromatic heterocycles. The summed E-state index contributed by atoms with van der Waals surface area (Å²) < 4.78 is 6.50. The second kappa shape index (κ2) is 6.31. The minimum absolute atomic E-state index is 0.226. The van der Waals surface area contributed by atoms with Crippen molar-refractivity contribution < 1.29 is 9.53 Å². The fourth-order valence-corrected chi connectivity index (χ4v) is 2.57. The van der Waals surface area contributed by atoms with Gasteiger partial charge in [0.2, 0.25) is 0 Å². The second-order valence-corrected chi connectivity index (χ2v) is 5.38. The minimum atomic E-state index is 0.226. The maximum atomic E-state index is 11.9. The average Bonchev–Trinajstić information content (AvgIpc) is 2.82. The van der Waals surface area contributed by atoms with Crippen LogP contribution >= 0.6 is 15.9 Å². The van der Waals surface area contributed by atoms with Crippen LogP contribution in [0.2, 0.25) is 0 Å². The molecule has 1 heterocycles. The summed E-state index contributed by atoms with van der Waals surface area (Å²) in [7, 11) is 0. The standard InChI is InChI=1S/C14H17BrO2/c15-12-5-1-4-11(10-12)14(16)8-2-6-13-7-3-9-17-13/h1,4-5,10,13H,2-3,6-9H2. The normalized spacial score (nSPS) is 19.5. The SMILES string of the molecule is O=C(CCCC1CCCO1)c1cccc(Br)c1. The molecule has 0 amide bonds. The third kappa shape index (κ3) is 3.93. The molecule has 3 heteroatoms. The summed E-state index contributed by atoms with van der Waals surface area (Å²) in [5.41, 5.74) is 0.798. The van der Waals surface area contributed by atoms with E-state index in [1.54, 1.807) is 0 Å². The molecule has 1 aromatic rings. The van der Waals surface area contributed by atoms with E-state index in [-0.39, 0.29) is 5.78 Å². The summed E-state index contributed by atoms with van der Waals surface area (Å²) >= 11 is 3.38. The Morgan fingerprint density at radius 2 is 2.35 bits per heavy atom. The van der Waals surface area contributed by atoms with Crippen LogP contribution in [0.5, 0.6) is 0 Å². The highest BCUT2D eigenvalue weighted by Gasteiger charge is 2.15.